The first-order chi connectivity index (χ1) is 22.4. The normalized spacial score (nSPS) is 20.4. The van der Waals surface area contributed by atoms with E-state index in [1.165, 1.54) is 0 Å². The number of benzene rings is 2. The molecule has 2 saturated heterocycles. The van der Waals surface area contributed by atoms with Crippen LogP contribution in [0.2, 0.25) is 5.02 Å². The van der Waals surface area contributed by atoms with Gasteiger partial charge >= 0.3 is 6.01 Å². The quantitative estimate of drug-likeness (QED) is 0.245. The molecule has 3 aliphatic heterocycles. The van der Waals surface area contributed by atoms with E-state index in [4.69, 9.17) is 26.3 Å². The molecular formula is C35H39ClN8O2. The zero-order valence-corrected chi connectivity index (χ0v) is 27.2. The highest BCUT2D eigenvalue weighted by molar-refractivity contribution is 6.36. The third kappa shape index (κ3) is 6.33. The van der Waals surface area contributed by atoms with Crippen molar-refractivity contribution in [2.45, 2.75) is 57.7 Å². The van der Waals surface area contributed by atoms with E-state index in [0.717, 1.165) is 70.9 Å². The molecule has 0 aliphatic carbocycles. The van der Waals surface area contributed by atoms with Crippen molar-refractivity contribution < 1.29 is 9.53 Å². The molecule has 10 nitrogen and oxygen atoms in total. The molecular weight excluding hydrogens is 600 g/mol. The Hall–Kier alpha value is -4.38. The van der Waals surface area contributed by atoms with Crippen molar-refractivity contribution in [3.63, 3.8) is 0 Å². The van der Waals surface area contributed by atoms with Gasteiger partial charge in [-0.25, -0.2) is 0 Å². The molecule has 4 heterocycles. The van der Waals surface area contributed by atoms with Crippen molar-refractivity contribution in [3.05, 3.63) is 64.3 Å². The van der Waals surface area contributed by atoms with Gasteiger partial charge in [0.05, 0.1) is 35.8 Å². The van der Waals surface area contributed by atoms with Gasteiger partial charge < -0.3 is 24.3 Å². The number of nitriles is 2. The topological polar surface area (TPSA) is 113 Å². The molecule has 2 fully saturated rings. The number of halogens is 1. The van der Waals surface area contributed by atoms with Gasteiger partial charge in [0.15, 0.2) is 0 Å². The number of likely N-dealkylation sites (N-methyl/N-ethyl adjacent to an activating group) is 1. The first kappa shape index (κ1) is 31.6. The number of hydrogen-bond donors (Lipinski definition) is 0. The number of ether oxygens (including phenoxy) is 1. The number of hydrogen-bond acceptors (Lipinski definition) is 9. The molecule has 1 amide bonds. The summed E-state index contributed by atoms with van der Waals surface area (Å²) >= 11 is 6.71. The predicted octanol–water partition coefficient (Wildman–Crippen LogP) is 5.11. The Morgan fingerprint density at radius 2 is 1.91 bits per heavy atom. The molecule has 1 aromatic heterocycles. The molecule has 0 N–H and O–H groups in total. The fraction of sp³-hybridized carbons (Fsp3) is 0.457. The number of amides is 1. The number of likely N-dealkylation sites (tertiary alicyclic amines) is 1. The summed E-state index contributed by atoms with van der Waals surface area (Å²) in [5.74, 6) is 0.484. The first-order valence-electron chi connectivity index (χ1n) is 16.1. The van der Waals surface area contributed by atoms with Crippen LogP contribution in [0.25, 0.3) is 10.8 Å². The van der Waals surface area contributed by atoms with Crippen molar-refractivity contribution in [3.8, 4) is 18.1 Å². The number of nitrogens with zero attached hydrogens (tertiary/aromatic N) is 8. The summed E-state index contributed by atoms with van der Waals surface area (Å²) in [6.07, 6.45) is 5.34. The van der Waals surface area contributed by atoms with Crippen LogP contribution in [-0.2, 0) is 17.8 Å². The lowest BCUT2D eigenvalue weighted by Crippen LogP contribution is -2.56. The van der Waals surface area contributed by atoms with E-state index in [2.05, 4.69) is 52.1 Å². The van der Waals surface area contributed by atoms with Gasteiger partial charge in [0.2, 0.25) is 0 Å². The molecule has 2 atom stereocenters. The van der Waals surface area contributed by atoms with Gasteiger partial charge in [-0.1, -0.05) is 48.9 Å². The van der Waals surface area contributed by atoms with E-state index in [1.807, 2.05) is 25.1 Å². The Morgan fingerprint density at radius 1 is 1.09 bits per heavy atom. The fourth-order valence-corrected chi connectivity index (χ4v) is 7.23. The summed E-state index contributed by atoms with van der Waals surface area (Å²) in [4.78, 5) is 31.7. The average molecular weight is 639 g/mol. The number of carbonyl (C=O) groups is 1. The van der Waals surface area contributed by atoms with Crippen molar-refractivity contribution in [1.82, 2.24) is 19.8 Å². The number of carbonyl (C=O) groups excluding carboxylic acids is 1. The zero-order valence-electron chi connectivity index (χ0n) is 26.5. The summed E-state index contributed by atoms with van der Waals surface area (Å²) in [7, 11) is 2.12. The summed E-state index contributed by atoms with van der Waals surface area (Å²) in [6.45, 7) is 6.13. The Labute approximate surface area is 275 Å². The average Bonchev–Trinajstić information content (AvgIpc) is 3.49. The number of allylic oxidation sites excluding steroid dienone is 1. The monoisotopic (exact) mass is 638 g/mol. The minimum Gasteiger partial charge on any atom is -0.462 e. The summed E-state index contributed by atoms with van der Waals surface area (Å²) in [6, 6.07) is 16.8. The maximum absolute atomic E-state index is 13.3. The van der Waals surface area contributed by atoms with Gasteiger partial charge in [-0.05, 0) is 56.8 Å². The number of piperazine rings is 1. The second kappa shape index (κ2) is 13.9. The predicted molar refractivity (Wildman–Crippen MR) is 179 cm³/mol. The Kier molecular flexibility index (Phi) is 9.58. The summed E-state index contributed by atoms with van der Waals surface area (Å²) in [5, 5.41) is 22.1. The van der Waals surface area contributed by atoms with Crippen molar-refractivity contribution in [1.29, 1.82) is 10.5 Å². The number of rotatable bonds is 8. The lowest BCUT2D eigenvalue weighted by atomic mass is 10.0. The molecule has 0 saturated carbocycles. The molecule has 46 heavy (non-hydrogen) atoms. The van der Waals surface area contributed by atoms with Crippen LogP contribution < -0.4 is 14.5 Å². The van der Waals surface area contributed by atoms with Crippen molar-refractivity contribution >= 4 is 39.8 Å². The lowest BCUT2D eigenvalue weighted by molar-refractivity contribution is -0.129. The SMILES string of the molecule is CC/C=C(\C#N)C(=O)N1CCN(c2nc(OC[C@@H]3CCCN3C)nc3c2CCN(c2cccc4cccc(Cl)c24)C3)C[C@@H]1CC#N. The number of anilines is 2. The number of fused-ring (bicyclic) bond motifs is 2. The molecule has 0 unspecified atom stereocenters. The van der Waals surface area contributed by atoms with Gasteiger partial charge in [0, 0.05) is 48.9 Å². The highest BCUT2D eigenvalue weighted by atomic mass is 35.5. The molecule has 0 spiro atoms. The Bertz CT molecular complexity index is 1720. The third-order valence-electron chi connectivity index (χ3n) is 9.40. The van der Waals surface area contributed by atoms with E-state index in [-0.39, 0.29) is 23.9 Å². The first-order valence-corrected chi connectivity index (χ1v) is 16.5. The van der Waals surface area contributed by atoms with Gasteiger partial charge in [0.25, 0.3) is 5.91 Å². The van der Waals surface area contributed by atoms with Crippen LogP contribution in [0.4, 0.5) is 11.5 Å². The van der Waals surface area contributed by atoms with Crippen LogP contribution in [0.5, 0.6) is 6.01 Å². The third-order valence-corrected chi connectivity index (χ3v) is 9.72. The largest absolute Gasteiger partial charge is 0.462 e. The van der Waals surface area contributed by atoms with E-state index in [1.54, 1.807) is 11.0 Å². The van der Waals surface area contributed by atoms with Gasteiger partial charge in [0.1, 0.15) is 24.1 Å². The maximum Gasteiger partial charge on any atom is 0.318 e. The smallest absolute Gasteiger partial charge is 0.318 e. The van der Waals surface area contributed by atoms with Gasteiger partial charge in [-0.2, -0.15) is 20.5 Å². The van der Waals surface area contributed by atoms with Crippen LogP contribution in [0, 0.1) is 22.7 Å². The molecule has 3 aromatic rings. The van der Waals surface area contributed by atoms with Crippen LogP contribution in [0.3, 0.4) is 0 Å². The fourth-order valence-electron chi connectivity index (χ4n) is 6.96. The molecule has 238 valence electrons. The minimum absolute atomic E-state index is 0.125. The van der Waals surface area contributed by atoms with Crippen molar-refractivity contribution in [2.75, 3.05) is 56.2 Å². The Balaban J connectivity index is 1.33. The molecule has 11 heteroatoms. The van der Waals surface area contributed by atoms with Gasteiger partial charge in [-0.3, -0.25) is 4.79 Å². The minimum atomic E-state index is -0.375. The highest BCUT2D eigenvalue weighted by Crippen LogP contribution is 2.37. The van der Waals surface area contributed by atoms with Crippen LogP contribution in [-0.4, -0.2) is 84.1 Å². The molecule has 2 aromatic carbocycles. The van der Waals surface area contributed by atoms with E-state index >= 15 is 0 Å². The van der Waals surface area contributed by atoms with Crippen LogP contribution in [0.1, 0.15) is 43.9 Å². The van der Waals surface area contributed by atoms with E-state index in [9.17, 15) is 15.3 Å². The molecule has 3 aliphatic rings. The van der Waals surface area contributed by atoms with E-state index < -0.39 is 0 Å². The van der Waals surface area contributed by atoms with Crippen molar-refractivity contribution in [2.24, 2.45) is 0 Å². The van der Waals surface area contributed by atoms with Crippen LogP contribution >= 0.6 is 11.6 Å². The standard InChI is InChI=1S/C35H39ClN8O2/c1-3-7-25(20-38)34(45)44-19-18-43(21-26(44)13-15-37)33-28-14-17-42(31-12-5-9-24-8-4-11-29(36)32(24)31)22-30(28)39-35(40-33)46-23-27-10-6-16-41(27)2/h4-5,7-9,11-12,26-27H,3,6,10,13-14,16-19,21-23H2,1-2H3/b25-7+/t26-,27-/m0/s1. The van der Waals surface area contributed by atoms with E-state index in [0.29, 0.717) is 51.3 Å². The zero-order chi connectivity index (χ0) is 32.2. The lowest BCUT2D eigenvalue weighted by Gasteiger charge is -2.42. The molecule has 0 radical (unpaired) electrons. The number of aromatic nitrogens is 2. The summed E-state index contributed by atoms with van der Waals surface area (Å²) < 4.78 is 6.30. The summed E-state index contributed by atoms with van der Waals surface area (Å²) in [5.41, 5.74) is 3.16. The second-order valence-electron chi connectivity index (χ2n) is 12.2. The molecule has 0 bridgehead atoms. The Morgan fingerprint density at radius 3 is 2.65 bits per heavy atom. The van der Waals surface area contributed by atoms with Gasteiger partial charge in [-0.15, -0.1) is 0 Å². The second-order valence-corrected chi connectivity index (χ2v) is 12.6. The maximum atomic E-state index is 13.3. The molecule has 6 rings (SSSR count). The van der Waals surface area contributed by atoms with Crippen LogP contribution in [0.15, 0.2) is 48.0 Å². The highest BCUT2D eigenvalue weighted by Gasteiger charge is 2.35.